The van der Waals surface area contributed by atoms with Crippen molar-refractivity contribution in [1.82, 2.24) is 10.4 Å². The molecule has 0 saturated heterocycles. The molecular weight excluding hydrogens is 344 g/mol. The fourth-order valence-corrected chi connectivity index (χ4v) is 5.50. The number of carbonyl (C=O) groups excluding carboxylic acids is 3. The molecule has 4 fully saturated rings. The summed E-state index contributed by atoms with van der Waals surface area (Å²) in [7, 11) is 0. The summed E-state index contributed by atoms with van der Waals surface area (Å²) in [6.07, 6.45) is 11.7. The highest BCUT2D eigenvalue weighted by atomic mass is 16.5. The Bertz CT molecular complexity index is 593. The molecule has 0 aliphatic heterocycles. The first-order valence-corrected chi connectivity index (χ1v) is 10.7. The molecule has 0 aromatic rings. The second-order valence-corrected chi connectivity index (χ2v) is 9.62. The van der Waals surface area contributed by atoms with Crippen molar-refractivity contribution in [2.75, 3.05) is 6.54 Å². The summed E-state index contributed by atoms with van der Waals surface area (Å²) in [5.41, 5.74) is 0.202. The second-order valence-electron chi connectivity index (χ2n) is 9.62. The van der Waals surface area contributed by atoms with Gasteiger partial charge in [0.2, 0.25) is 12.3 Å². The zero-order valence-electron chi connectivity index (χ0n) is 16.1. The maximum Gasteiger partial charge on any atom is 0.233 e. The molecule has 0 radical (unpaired) electrons. The largest absolute Gasteiger partial charge is 0.353 e. The Kier molecular flexibility index (Phi) is 5.28. The van der Waals surface area contributed by atoms with Gasteiger partial charge in [0, 0.05) is 23.8 Å². The maximum atomic E-state index is 13.5. The molecule has 2 N–H and O–H groups in total. The van der Waals surface area contributed by atoms with E-state index in [-0.39, 0.29) is 41.4 Å². The van der Waals surface area contributed by atoms with Crippen molar-refractivity contribution in [3.05, 3.63) is 0 Å². The predicted octanol–water partition coefficient (Wildman–Crippen LogP) is 2.68. The van der Waals surface area contributed by atoms with Crippen LogP contribution >= 0.6 is 0 Å². The number of Topliss-reactive ketones (excluding diaryl/α,β-unsaturated/α-hetero) is 1. The molecule has 4 aliphatic carbocycles. The van der Waals surface area contributed by atoms with Crippen molar-refractivity contribution in [3.63, 3.8) is 0 Å². The van der Waals surface area contributed by atoms with E-state index in [1.165, 1.54) is 12.8 Å². The number of hydrogen-bond acceptors (Lipinski definition) is 4. The summed E-state index contributed by atoms with van der Waals surface area (Å²) in [5.74, 6) is -0.196. The summed E-state index contributed by atoms with van der Waals surface area (Å²) in [6.45, 7) is 0.0549. The van der Waals surface area contributed by atoms with E-state index < -0.39 is 0 Å². The van der Waals surface area contributed by atoms with Gasteiger partial charge in [-0.15, -0.1) is 0 Å². The van der Waals surface area contributed by atoms with Gasteiger partial charge >= 0.3 is 0 Å². The molecule has 0 aromatic heterocycles. The van der Waals surface area contributed by atoms with Crippen LogP contribution < -0.4 is 5.32 Å². The minimum absolute atomic E-state index is 0.0514. The average molecular weight is 376 g/mol. The Balaban J connectivity index is 1.47. The molecule has 27 heavy (non-hydrogen) atoms. The number of amides is 2. The first-order valence-electron chi connectivity index (χ1n) is 10.7. The molecule has 0 heterocycles. The molecule has 4 aliphatic rings. The van der Waals surface area contributed by atoms with E-state index in [4.69, 9.17) is 0 Å². The third-order valence-electron chi connectivity index (χ3n) is 7.40. The van der Waals surface area contributed by atoms with Gasteiger partial charge < -0.3 is 5.32 Å². The molecule has 4 rings (SSSR count). The molecule has 2 amide bonds. The van der Waals surface area contributed by atoms with Crippen molar-refractivity contribution in [2.45, 2.75) is 76.7 Å². The zero-order chi connectivity index (χ0) is 19.0. The Morgan fingerprint density at radius 1 is 1.11 bits per heavy atom. The van der Waals surface area contributed by atoms with Crippen LogP contribution in [0.25, 0.3) is 0 Å². The molecule has 3 atom stereocenters. The monoisotopic (exact) mass is 376 g/mol. The van der Waals surface area contributed by atoms with Gasteiger partial charge in [-0.1, -0.05) is 25.7 Å². The maximum absolute atomic E-state index is 13.5. The summed E-state index contributed by atoms with van der Waals surface area (Å²) in [5, 5.41) is 13.5. The Morgan fingerprint density at radius 3 is 2.37 bits per heavy atom. The smallest absolute Gasteiger partial charge is 0.233 e. The number of hydroxylamine groups is 2. The first kappa shape index (κ1) is 18.9. The van der Waals surface area contributed by atoms with Gasteiger partial charge in [-0.25, -0.2) is 5.06 Å². The number of nitrogens with one attached hydrogen (secondary N) is 1. The van der Waals surface area contributed by atoms with Crippen LogP contribution in [0.5, 0.6) is 0 Å². The van der Waals surface area contributed by atoms with Crippen LogP contribution in [0.15, 0.2) is 0 Å². The van der Waals surface area contributed by atoms with Crippen molar-refractivity contribution >= 4 is 18.1 Å². The summed E-state index contributed by atoms with van der Waals surface area (Å²) < 4.78 is 0. The van der Waals surface area contributed by atoms with Gasteiger partial charge in [0.25, 0.3) is 0 Å². The number of ketones is 1. The molecule has 6 nitrogen and oxygen atoms in total. The molecule has 1 spiro atoms. The van der Waals surface area contributed by atoms with Crippen LogP contribution in [0.4, 0.5) is 0 Å². The SMILES string of the molecule is O=CN(O)CC(CC1CCCC1)C(=O)C1CC2(CC2)C[C@H]1C(=O)NC1CC1. The fourth-order valence-electron chi connectivity index (χ4n) is 5.50. The van der Waals surface area contributed by atoms with Crippen molar-refractivity contribution < 1.29 is 19.6 Å². The lowest BCUT2D eigenvalue weighted by atomic mass is 9.80. The number of carbonyl (C=O) groups is 3. The van der Waals surface area contributed by atoms with E-state index in [2.05, 4.69) is 5.32 Å². The van der Waals surface area contributed by atoms with Gasteiger partial charge in [-0.3, -0.25) is 19.6 Å². The third-order valence-corrected chi connectivity index (χ3v) is 7.40. The molecule has 6 heteroatoms. The van der Waals surface area contributed by atoms with Crippen LogP contribution in [0.3, 0.4) is 0 Å². The van der Waals surface area contributed by atoms with E-state index in [0.29, 0.717) is 23.4 Å². The quantitative estimate of drug-likeness (QED) is 0.368. The second kappa shape index (κ2) is 7.53. The van der Waals surface area contributed by atoms with Crippen LogP contribution in [-0.4, -0.2) is 41.0 Å². The van der Waals surface area contributed by atoms with Crippen molar-refractivity contribution in [2.24, 2.45) is 29.1 Å². The van der Waals surface area contributed by atoms with Gasteiger partial charge in [0.15, 0.2) is 0 Å². The lowest BCUT2D eigenvalue weighted by Crippen LogP contribution is -2.40. The highest BCUT2D eigenvalue weighted by Gasteiger charge is 2.57. The van der Waals surface area contributed by atoms with Crippen molar-refractivity contribution in [3.8, 4) is 0 Å². The first-order chi connectivity index (χ1) is 13.0. The highest BCUT2D eigenvalue weighted by Crippen LogP contribution is 2.62. The lowest BCUT2D eigenvalue weighted by molar-refractivity contribution is -0.156. The third kappa shape index (κ3) is 4.36. The molecule has 150 valence electrons. The fraction of sp³-hybridized carbons (Fsp3) is 0.857. The normalized spacial score (nSPS) is 30.3. The topological polar surface area (TPSA) is 86.7 Å². The molecule has 2 unspecified atom stereocenters. The average Bonchev–Trinajstić information content (AvgIpc) is 3.51. The van der Waals surface area contributed by atoms with E-state index in [1.54, 1.807) is 0 Å². The van der Waals surface area contributed by atoms with Crippen molar-refractivity contribution in [1.29, 1.82) is 0 Å². The standard InChI is InChI=1S/C21H32N2O4/c24-13-23(27)12-15(9-14-3-1-2-4-14)19(25)17-10-21(7-8-21)11-18(17)20(26)22-16-5-6-16/h13-18,27H,1-12H2,(H,22,26)/t15?,17?,18-/m1/s1. The number of nitrogens with zero attached hydrogens (tertiary/aromatic N) is 1. The minimum Gasteiger partial charge on any atom is -0.353 e. The van der Waals surface area contributed by atoms with Crippen LogP contribution in [0, 0.1) is 29.1 Å². The van der Waals surface area contributed by atoms with E-state index in [0.717, 1.165) is 57.8 Å². The van der Waals surface area contributed by atoms with Crippen LogP contribution in [-0.2, 0) is 14.4 Å². The molecule has 0 aromatic carbocycles. The van der Waals surface area contributed by atoms with Crippen LogP contribution in [0.2, 0.25) is 0 Å². The van der Waals surface area contributed by atoms with Gasteiger partial charge in [0.05, 0.1) is 6.54 Å². The molecule has 0 bridgehead atoms. The predicted molar refractivity (Wildman–Crippen MR) is 98.7 cm³/mol. The van der Waals surface area contributed by atoms with E-state index in [1.807, 2.05) is 0 Å². The zero-order valence-corrected chi connectivity index (χ0v) is 16.1. The van der Waals surface area contributed by atoms with Gasteiger partial charge in [-0.05, 0) is 56.3 Å². The lowest BCUT2D eigenvalue weighted by Gasteiger charge is -2.27. The Hall–Kier alpha value is -1.43. The minimum atomic E-state index is -0.363. The highest BCUT2D eigenvalue weighted by molar-refractivity contribution is 5.91. The van der Waals surface area contributed by atoms with E-state index >= 15 is 0 Å². The summed E-state index contributed by atoms with van der Waals surface area (Å²) >= 11 is 0. The van der Waals surface area contributed by atoms with Crippen LogP contribution in [0.1, 0.15) is 70.6 Å². The number of rotatable bonds is 9. The van der Waals surface area contributed by atoms with Gasteiger partial charge in [0.1, 0.15) is 5.78 Å². The Morgan fingerprint density at radius 2 is 1.78 bits per heavy atom. The van der Waals surface area contributed by atoms with E-state index in [9.17, 15) is 19.6 Å². The summed E-state index contributed by atoms with van der Waals surface area (Å²) in [4.78, 5) is 37.2. The number of hydrogen-bond donors (Lipinski definition) is 2. The summed E-state index contributed by atoms with van der Waals surface area (Å²) in [6, 6.07) is 0.307. The molecular formula is C21H32N2O4. The Labute approximate surface area is 161 Å². The molecule has 4 saturated carbocycles. The van der Waals surface area contributed by atoms with Gasteiger partial charge in [-0.2, -0.15) is 0 Å².